The van der Waals surface area contributed by atoms with Crippen molar-refractivity contribution in [3.63, 3.8) is 0 Å². The largest absolute Gasteiger partial charge is 0.444 e. The van der Waals surface area contributed by atoms with E-state index in [-0.39, 0.29) is 6.09 Å². The standard InChI is InChI=1S/C15H22N2O2/c1-12-8-7-10-13(17-12)9-5-6-11-16-14(18)19-15(2,3)4/h5,7-10H,6,11H2,1-4H3,(H,16,18). The smallest absolute Gasteiger partial charge is 0.407 e. The van der Waals surface area contributed by atoms with E-state index in [1.54, 1.807) is 0 Å². The van der Waals surface area contributed by atoms with Gasteiger partial charge in [-0.05, 0) is 52.3 Å². The molecule has 0 aliphatic carbocycles. The average Bonchev–Trinajstić information content (AvgIpc) is 2.26. The highest BCUT2D eigenvalue weighted by Crippen LogP contribution is 2.06. The number of carbonyl (C=O) groups excluding carboxylic acids is 1. The molecule has 1 rings (SSSR count). The van der Waals surface area contributed by atoms with Gasteiger partial charge in [0.15, 0.2) is 0 Å². The Morgan fingerprint density at radius 2 is 2.16 bits per heavy atom. The fourth-order valence-corrected chi connectivity index (χ4v) is 1.43. The van der Waals surface area contributed by atoms with Gasteiger partial charge in [0.05, 0.1) is 5.69 Å². The summed E-state index contributed by atoms with van der Waals surface area (Å²) in [5.41, 5.74) is 1.47. The van der Waals surface area contributed by atoms with Crippen LogP contribution in [0.15, 0.2) is 24.3 Å². The Hall–Kier alpha value is -1.84. The third kappa shape index (κ3) is 7.24. The van der Waals surface area contributed by atoms with Gasteiger partial charge >= 0.3 is 6.09 Å². The van der Waals surface area contributed by atoms with Crippen molar-refractivity contribution in [2.24, 2.45) is 0 Å². The maximum absolute atomic E-state index is 11.4. The molecule has 0 atom stereocenters. The fraction of sp³-hybridized carbons (Fsp3) is 0.467. The van der Waals surface area contributed by atoms with E-state index in [0.717, 1.165) is 17.8 Å². The summed E-state index contributed by atoms with van der Waals surface area (Å²) >= 11 is 0. The van der Waals surface area contributed by atoms with Gasteiger partial charge in [-0.1, -0.05) is 12.1 Å². The minimum absolute atomic E-state index is 0.380. The number of aryl methyl sites for hydroxylation is 1. The molecule has 1 N–H and O–H groups in total. The second-order valence-electron chi connectivity index (χ2n) is 5.32. The van der Waals surface area contributed by atoms with E-state index in [0.29, 0.717) is 6.54 Å². The van der Waals surface area contributed by atoms with Crippen LogP contribution in [-0.4, -0.2) is 23.2 Å². The molecule has 19 heavy (non-hydrogen) atoms. The highest BCUT2D eigenvalue weighted by atomic mass is 16.6. The van der Waals surface area contributed by atoms with Crippen LogP contribution in [0.4, 0.5) is 4.79 Å². The van der Waals surface area contributed by atoms with Crippen LogP contribution in [0.2, 0.25) is 0 Å². The van der Waals surface area contributed by atoms with Gasteiger partial charge in [-0.25, -0.2) is 4.79 Å². The van der Waals surface area contributed by atoms with E-state index in [1.807, 2.05) is 58.0 Å². The number of hydrogen-bond acceptors (Lipinski definition) is 3. The third-order valence-corrected chi connectivity index (χ3v) is 2.18. The van der Waals surface area contributed by atoms with Crippen molar-refractivity contribution in [1.29, 1.82) is 0 Å². The molecule has 0 spiro atoms. The molecular weight excluding hydrogens is 240 g/mol. The highest BCUT2D eigenvalue weighted by Gasteiger charge is 2.14. The Kier molecular flexibility index (Phi) is 5.55. The first-order valence-electron chi connectivity index (χ1n) is 6.44. The zero-order valence-electron chi connectivity index (χ0n) is 12.1. The summed E-state index contributed by atoms with van der Waals surface area (Å²) in [5, 5.41) is 2.70. The molecular formula is C15H22N2O2. The van der Waals surface area contributed by atoms with Crippen molar-refractivity contribution < 1.29 is 9.53 Å². The molecule has 1 aromatic rings. The molecule has 1 aromatic heterocycles. The summed E-state index contributed by atoms with van der Waals surface area (Å²) in [5.74, 6) is 0. The molecule has 0 fully saturated rings. The van der Waals surface area contributed by atoms with E-state index < -0.39 is 5.60 Å². The maximum atomic E-state index is 11.4. The Morgan fingerprint density at radius 3 is 2.79 bits per heavy atom. The number of nitrogens with zero attached hydrogens (tertiary/aromatic N) is 1. The van der Waals surface area contributed by atoms with E-state index in [1.165, 1.54) is 0 Å². The summed E-state index contributed by atoms with van der Waals surface area (Å²) in [6.07, 6.45) is 4.30. The third-order valence-electron chi connectivity index (χ3n) is 2.18. The Balaban J connectivity index is 2.26. The van der Waals surface area contributed by atoms with Crippen LogP contribution in [0.3, 0.4) is 0 Å². The normalized spacial score (nSPS) is 11.6. The first kappa shape index (κ1) is 15.2. The maximum Gasteiger partial charge on any atom is 0.407 e. The average molecular weight is 262 g/mol. The van der Waals surface area contributed by atoms with Crippen molar-refractivity contribution in [2.45, 2.75) is 39.7 Å². The van der Waals surface area contributed by atoms with Gasteiger partial charge < -0.3 is 10.1 Å². The number of rotatable bonds is 4. The lowest BCUT2D eigenvalue weighted by Gasteiger charge is -2.19. The van der Waals surface area contributed by atoms with Gasteiger partial charge in [0.1, 0.15) is 5.60 Å². The number of alkyl carbamates (subject to hydrolysis) is 1. The van der Waals surface area contributed by atoms with Gasteiger partial charge in [0.2, 0.25) is 0 Å². The quantitative estimate of drug-likeness (QED) is 0.847. The fourth-order valence-electron chi connectivity index (χ4n) is 1.43. The molecule has 0 unspecified atom stereocenters. The summed E-state index contributed by atoms with van der Waals surface area (Å²) in [4.78, 5) is 15.7. The molecule has 0 saturated carbocycles. The zero-order valence-corrected chi connectivity index (χ0v) is 12.1. The van der Waals surface area contributed by atoms with Crippen LogP contribution in [0, 0.1) is 6.92 Å². The molecule has 0 aromatic carbocycles. The van der Waals surface area contributed by atoms with E-state index in [2.05, 4.69) is 10.3 Å². The molecule has 0 radical (unpaired) electrons. The molecule has 0 aliphatic heterocycles. The number of amides is 1. The van der Waals surface area contributed by atoms with Crippen LogP contribution in [0.25, 0.3) is 6.08 Å². The minimum atomic E-state index is -0.453. The predicted molar refractivity (Wildman–Crippen MR) is 76.9 cm³/mol. The topological polar surface area (TPSA) is 51.2 Å². The number of pyridine rings is 1. The van der Waals surface area contributed by atoms with E-state index in [9.17, 15) is 4.79 Å². The number of nitrogens with one attached hydrogen (secondary N) is 1. The molecule has 0 bridgehead atoms. The van der Waals surface area contributed by atoms with Crippen LogP contribution < -0.4 is 5.32 Å². The van der Waals surface area contributed by atoms with Gasteiger partial charge in [0, 0.05) is 12.2 Å². The van der Waals surface area contributed by atoms with Crippen molar-refractivity contribution in [1.82, 2.24) is 10.3 Å². The lowest BCUT2D eigenvalue weighted by molar-refractivity contribution is 0.0529. The van der Waals surface area contributed by atoms with Crippen molar-refractivity contribution in [3.8, 4) is 0 Å². The number of aromatic nitrogens is 1. The zero-order chi connectivity index (χ0) is 14.3. The molecule has 104 valence electrons. The van der Waals surface area contributed by atoms with Crippen molar-refractivity contribution in [3.05, 3.63) is 35.7 Å². The summed E-state index contributed by atoms with van der Waals surface area (Å²) in [7, 11) is 0. The monoisotopic (exact) mass is 262 g/mol. The summed E-state index contributed by atoms with van der Waals surface area (Å²) in [6.45, 7) is 8.04. The van der Waals surface area contributed by atoms with Gasteiger partial charge in [-0.3, -0.25) is 4.98 Å². The predicted octanol–water partition coefficient (Wildman–Crippen LogP) is 3.32. The summed E-state index contributed by atoms with van der Waals surface area (Å²) in [6, 6.07) is 5.88. The highest BCUT2D eigenvalue weighted by molar-refractivity contribution is 5.67. The second kappa shape index (κ2) is 6.92. The minimum Gasteiger partial charge on any atom is -0.444 e. The van der Waals surface area contributed by atoms with Crippen LogP contribution >= 0.6 is 0 Å². The number of hydrogen-bond donors (Lipinski definition) is 1. The Labute approximate surface area is 114 Å². The van der Waals surface area contributed by atoms with Gasteiger partial charge in [-0.15, -0.1) is 0 Å². The molecule has 1 amide bonds. The molecule has 1 heterocycles. The van der Waals surface area contributed by atoms with E-state index >= 15 is 0 Å². The van der Waals surface area contributed by atoms with Gasteiger partial charge in [0.25, 0.3) is 0 Å². The van der Waals surface area contributed by atoms with Crippen LogP contribution in [0.1, 0.15) is 38.6 Å². The van der Waals surface area contributed by atoms with Gasteiger partial charge in [-0.2, -0.15) is 0 Å². The van der Waals surface area contributed by atoms with E-state index in [4.69, 9.17) is 4.74 Å². The molecule has 0 aliphatic rings. The first-order valence-corrected chi connectivity index (χ1v) is 6.44. The molecule has 0 saturated heterocycles. The number of carbonyl (C=O) groups is 1. The lowest BCUT2D eigenvalue weighted by Crippen LogP contribution is -2.32. The van der Waals surface area contributed by atoms with Crippen molar-refractivity contribution >= 4 is 12.2 Å². The SMILES string of the molecule is Cc1cccc(C=CCCNC(=O)OC(C)(C)C)n1. The number of ether oxygens (including phenoxy) is 1. The Morgan fingerprint density at radius 1 is 1.42 bits per heavy atom. The van der Waals surface area contributed by atoms with Crippen LogP contribution in [-0.2, 0) is 4.74 Å². The second-order valence-corrected chi connectivity index (χ2v) is 5.32. The first-order chi connectivity index (χ1) is 8.87. The lowest BCUT2D eigenvalue weighted by atomic mass is 10.2. The molecule has 4 nitrogen and oxygen atoms in total. The van der Waals surface area contributed by atoms with Crippen LogP contribution in [0.5, 0.6) is 0 Å². The molecule has 4 heteroatoms. The summed E-state index contributed by atoms with van der Waals surface area (Å²) < 4.78 is 5.13. The van der Waals surface area contributed by atoms with Crippen molar-refractivity contribution in [2.75, 3.05) is 6.54 Å². The Bertz CT molecular complexity index is 448.